The van der Waals surface area contributed by atoms with Crippen molar-refractivity contribution >= 4 is 8.07 Å². The van der Waals surface area contributed by atoms with Gasteiger partial charge in [0.1, 0.15) is 0 Å². The number of hydrogen-bond donors (Lipinski definition) is 0. The molecular weight excluding hydrogens is 366 g/mol. The van der Waals surface area contributed by atoms with Gasteiger partial charge in [0, 0.05) is 12.1 Å². The molecule has 0 bridgehead atoms. The predicted molar refractivity (Wildman–Crippen MR) is 124 cm³/mol. The summed E-state index contributed by atoms with van der Waals surface area (Å²) in [6.07, 6.45) is 19.1. The van der Waals surface area contributed by atoms with Crippen molar-refractivity contribution < 1.29 is 0 Å². The summed E-state index contributed by atoms with van der Waals surface area (Å²) in [6.45, 7) is 5.55. The van der Waals surface area contributed by atoms with Gasteiger partial charge < -0.3 is 0 Å². The van der Waals surface area contributed by atoms with Crippen molar-refractivity contribution in [2.75, 3.05) is 7.05 Å². The van der Waals surface area contributed by atoms with Crippen LogP contribution in [0.3, 0.4) is 0 Å². The van der Waals surface area contributed by atoms with Gasteiger partial charge in [0.05, 0.1) is 8.07 Å². The van der Waals surface area contributed by atoms with Gasteiger partial charge in [-0.25, -0.2) is 0 Å². The average Bonchev–Trinajstić information content (AvgIpc) is 3.38. The van der Waals surface area contributed by atoms with Gasteiger partial charge in [-0.3, -0.25) is 4.90 Å². The Kier molecular flexibility index (Phi) is 4.11. The molecule has 0 aromatic carbocycles. The van der Waals surface area contributed by atoms with Crippen molar-refractivity contribution in [3.63, 3.8) is 0 Å². The Morgan fingerprint density at radius 2 is 1.55 bits per heavy atom. The van der Waals surface area contributed by atoms with E-state index in [4.69, 9.17) is 0 Å². The second kappa shape index (κ2) is 6.37. The SMILES string of the molecule is CC1CCC2C3C4CCCC5C4C(C3N(C)C2C1)[Si]5(C)C1CCC2CCCCC21. The Hall–Kier alpha value is 0.177. The van der Waals surface area contributed by atoms with E-state index in [1.807, 2.05) is 0 Å². The summed E-state index contributed by atoms with van der Waals surface area (Å²) in [7, 11) is 1.44. The quantitative estimate of drug-likeness (QED) is 0.422. The second-order valence-electron chi connectivity index (χ2n) is 13.4. The van der Waals surface area contributed by atoms with Crippen LogP contribution in [0.4, 0.5) is 0 Å². The molecule has 7 aliphatic rings. The summed E-state index contributed by atoms with van der Waals surface area (Å²) in [4.78, 5) is 3.06. The molecule has 2 aliphatic heterocycles. The highest BCUT2D eigenvalue weighted by molar-refractivity contribution is 6.86. The van der Waals surface area contributed by atoms with Crippen LogP contribution in [0, 0.1) is 41.4 Å². The lowest BCUT2D eigenvalue weighted by atomic mass is 9.68. The minimum atomic E-state index is -1.17. The third kappa shape index (κ3) is 2.22. The second-order valence-corrected chi connectivity index (χ2v) is 18.3. The molecule has 29 heavy (non-hydrogen) atoms. The van der Waals surface area contributed by atoms with Gasteiger partial charge in [-0.05, 0) is 84.4 Å². The lowest BCUT2D eigenvalue weighted by Crippen LogP contribution is -2.65. The van der Waals surface area contributed by atoms with E-state index in [9.17, 15) is 0 Å². The van der Waals surface area contributed by atoms with E-state index in [0.29, 0.717) is 0 Å². The molecule has 2 heteroatoms. The van der Waals surface area contributed by atoms with E-state index in [2.05, 4.69) is 25.4 Å². The summed E-state index contributed by atoms with van der Waals surface area (Å²) < 4.78 is 0. The van der Waals surface area contributed by atoms with E-state index < -0.39 is 8.07 Å². The molecule has 13 atom stereocenters. The average molecular weight is 412 g/mol. The van der Waals surface area contributed by atoms with E-state index in [1.54, 1.807) is 64.2 Å². The van der Waals surface area contributed by atoms with Crippen LogP contribution in [-0.4, -0.2) is 32.1 Å². The monoisotopic (exact) mass is 411 g/mol. The molecule has 1 nitrogen and oxygen atoms in total. The first kappa shape index (κ1) is 18.7. The molecule has 0 radical (unpaired) electrons. The summed E-state index contributed by atoms with van der Waals surface area (Å²) in [5.74, 6) is 7.86. The van der Waals surface area contributed by atoms with Crippen LogP contribution in [0.1, 0.15) is 84.0 Å². The fourth-order valence-electron chi connectivity index (χ4n) is 12.2. The maximum absolute atomic E-state index is 3.06. The Morgan fingerprint density at radius 1 is 0.724 bits per heavy atom. The number of rotatable bonds is 1. The standard InChI is InChI=1S/C27H45NSi/c1-16-11-13-19-21(15-16)28(2)26-24(19)20-9-6-10-23-25(20)27(26)29(23,3)22-14-12-17-7-4-5-8-18(17)22/h16-27H,4-15H2,1-3H3. The van der Waals surface area contributed by atoms with Crippen molar-refractivity contribution in [3.05, 3.63) is 0 Å². The van der Waals surface area contributed by atoms with Crippen molar-refractivity contribution in [3.8, 4) is 0 Å². The van der Waals surface area contributed by atoms with Crippen LogP contribution in [-0.2, 0) is 0 Å². The smallest absolute Gasteiger partial charge is 0.0622 e. The van der Waals surface area contributed by atoms with Crippen LogP contribution >= 0.6 is 0 Å². The lowest BCUT2D eigenvalue weighted by Gasteiger charge is -2.65. The van der Waals surface area contributed by atoms with Crippen molar-refractivity contribution in [2.45, 2.75) is 119 Å². The Morgan fingerprint density at radius 3 is 2.45 bits per heavy atom. The van der Waals surface area contributed by atoms with Gasteiger partial charge in [-0.15, -0.1) is 0 Å². The minimum absolute atomic E-state index is 0.958. The summed E-state index contributed by atoms with van der Waals surface area (Å²) >= 11 is 0. The molecule has 7 rings (SSSR count). The molecule has 0 N–H and O–H groups in total. The zero-order valence-corrected chi connectivity index (χ0v) is 20.4. The number of likely N-dealkylation sites (tertiary alicyclic amines) is 1. The van der Waals surface area contributed by atoms with Crippen molar-refractivity contribution in [2.24, 2.45) is 41.4 Å². The van der Waals surface area contributed by atoms with Crippen molar-refractivity contribution in [1.82, 2.24) is 4.90 Å². The molecule has 0 aromatic heterocycles. The van der Waals surface area contributed by atoms with E-state index in [-0.39, 0.29) is 0 Å². The molecular formula is C27H45NSi. The first-order valence-electron chi connectivity index (χ1n) is 13.8. The number of fused-ring (bicyclic) bond motifs is 6. The van der Waals surface area contributed by atoms with Gasteiger partial charge in [-0.2, -0.15) is 0 Å². The molecule has 0 spiro atoms. The van der Waals surface area contributed by atoms with Gasteiger partial charge >= 0.3 is 0 Å². The molecule has 2 saturated heterocycles. The molecule has 5 saturated carbocycles. The Labute approximate surface area is 180 Å². The molecule has 0 amide bonds. The molecule has 13 unspecified atom stereocenters. The van der Waals surface area contributed by atoms with Crippen LogP contribution in [0.2, 0.25) is 23.2 Å². The Bertz CT molecular complexity index is 677. The third-order valence-electron chi connectivity index (χ3n) is 13.0. The molecule has 7 fully saturated rings. The largest absolute Gasteiger partial charge is 0.300 e. The maximum atomic E-state index is 3.06. The zero-order valence-electron chi connectivity index (χ0n) is 19.4. The number of hydrogen-bond acceptors (Lipinski definition) is 1. The molecule has 0 aromatic rings. The third-order valence-corrected chi connectivity index (χ3v) is 19.7. The maximum Gasteiger partial charge on any atom is 0.0622 e. The summed E-state index contributed by atoms with van der Waals surface area (Å²) in [6, 6.07) is 1.99. The highest BCUT2D eigenvalue weighted by Gasteiger charge is 2.76. The first-order chi connectivity index (χ1) is 14.1. The van der Waals surface area contributed by atoms with E-state index in [1.165, 1.54) is 41.3 Å². The lowest BCUT2D eigenvalue weighted by molar-refractivity contribution is 0.101. The highest BCUT2D eigenvalue weighted by Crippen LogP contribution is 2.79. The zero-order chi connectivity index (χ0) is 19.5. The van der Waals surface area contributed by atoms with Crippen LogP contribution in [0.25, 0.3) is 0 Å². The van der Waals surface area contributed by atoms with Crippen LogP contribution in [0.5, 0.6) is 0 Å². The normalized spacial score (nSPS) is 63.4. The van der Waals surface area contributed by atoms with E-state index in [0.717, 1.165) is 41.7 Å². The molecule has 5 aliphatic carbocycles. The topological polar surface area (TPSA) is 3.24 Å². The summed E-state index contributed by atoms with van der Waals surface area (Å²) in [5.41, 5.74) is 3.68. The molecule has 162 valence electrons. The highest BCUT2D eigenvalue weighted by atomic mass is 28.3. The minimum Gasteiger partial charge on any atom is -0.300 e. The van der Waals surface area contributed by atoms with Gasteiger partial charge in [0.2, 0.25) is 0 Å². The Balaban J connectivity index is 1.26. The van der Waals surface area contributed by atoms with Crippen molar-refractivity contribution in [1.29, 1.82) is 0 Å². The number of nitrogens with zero attached hydrogens (tertiary/aromatic N) is 1. The first-order valence-corrected chi connectivity index (χ1v) is 16.6. The van der Waals surface area contributed by atoms with Gasteiger partial charge in [0.25, 0.3) is 0 Å². The van der Waals surface area contributed by atoms with E-state index >= 15 is 0 Å². The van der Waals surface area contributed by atoms with Gasteiger partial charge in [-0.1, -0.05) is 71.3 Å². The van der Waals surface area contributed by atoms with Crippen LogP contribution < -0.4 is 0 Å². The predicted octanol–water partition coefficient (Wildman–Crippen LogP) is 6.95. The molecule has 2 heterocycles. The summed E-state index contributed by atoms with van der Waals surface area (Å²) in [5, 5.41) is 0. The van der Waals surface area contributed by atoms with Gasteiger partial charge in [0.15, 0.2) is 0 Å². The fourth-order valence-corrected chi connectivity index (χ4v) is 20.2. The fraction of sp³-hybridized carbons (Fsp3) is 1.00. The van der Waals surface area contributed by atoms with Crippen LogP contribution in [0.15, 0.2) is 0 Å².